The molecule has 14 heavy (non-hydrogen) atoms. The second kappa shape index (κ2) is 4.98. The van der Waals surface area contributed by atoms with Crippen LogP contribution < -0.4 is 16.0 Å². The van der Waals surface area contributed by atoms with Gasteiger partial charge in [-0.2, -0.15) is 5.11 Å². The van der Waals surface area contributed by atoms with Crippen LogP contribution >= 0.6 is 0 Å². The first kappa shape index (κ1) is 10.2. The number of para-hydroxylation sites is 1. The number of hydrazine groups is 1. The van der Waals surface area contributed by atoms with Gasteiger partial charge >= 0.3 is 0 Å². The molecule has 0 fully saturated rings. The largest absolute Gasteiger partial charge is 0.496 e. The average Bonchev–Trinajstić information content (AvgIpc) is 2.26. The van der Waals surface area contributed by atoms with E-state index in [4.69, 9.17) is 16.1 Å². The molecule has 0 heterocycles. The van der Waals surface area contributed by atoms with Crippen LogP contribution in [0, 0.1) is 5.53 Å². The van der Waals surface area contributed by atoms with Gasteiger partial charge in [-0.15, -0.1) is 0 Å². The molecule has 0 aromatic heterocycles. The summed E-state index contributed by atoms with van der Waals surface area (Å²) in [4.78, 5) is 0. The van der Waals surface area contributed by atoms with Crippen molar-refractivity contribution in [2.75, 3.05) is 7.11 Å². The van der Waals surface area contributed by atoms with Crippen molar-refractivity contribution in [3.8, 4) is 5.75 Å². The van der Waals surface area contributed by atoms with Crippen molar-refractivity contribution < 1.29 is 4.74 Å². The summed E-state index contributed by atoms with van der Waals surface area (Å²) >= 11 is 0. The maximum Gasteiger partial charge on any atom is 0.128 e. The lowest BCUT2D eigenvalue weighted by Crippen LogP contribution is -2.13. The van der Waals surface area contributed by atoms with Gasteiger partial charge in [0.15, 0.2) is 0 Å². The number of benzene rings is 1. The van der Waals surface area contributed by atoms with Crippen LogP contribution in [0.25, 0.3) is 5.70 Å². The number of nitrogens with one attached hydrogen (secondary N) is 2. The Morgan fingerprint density at radius 2 is 2.29 bits per heavy atom. The maximum absolute atomic E-state index is 6.98. The van der Waals surface area contributed by atoms with Gasteiger partial charge in [-0.3, -0.25) is 5.84 Å². The fourth-order valence-corrected chi connectivity index (χ4v) is 1.11. The number of ether oxygens (including phenoxy) is 1. The van der Waals surface area contributed by atoms with Crippen LogP contribution in [0.4, 0.5) is 0 Å². The van der Waals surface area contributed by atoms with E-state index in [1.54, 1.807) is 19.2 Å². The molecular weight excluding hydrogens is 180 g/mol. The van der Waals surface area contributed by atoms with Gasteiger partial charge in [0.05, 0.1) is 7.11 Å². The number of methoxy groups -OCH3 is 1. The molecule has 1 aromatic rings. The molecule has 0 atom stereocenters. The average molecular weight is 192 g/mol. The molecule has 0 radical (unpaired) electrons. The Kier molecular flexibility index (Phi) is 3.63. The van der Waals surface area contributed by atoms with Crippen molar-refractivity contribution in [2.24, 2.45) is 11.0 Å². The van der Waals surface area contributed by atoms with Crippen LogP contribution in [0.3, 0.4) is 0 Å². The van der Waals surface area contributed by atoms with Crippen LogP contribution in [0.5, 0.6) is 5.75 Å². The second-order valence-corrected chi connectivity index (χ2v) is 2.51. The van der Waals surface area contributed by atoms with Crippen molar-refractivity contribution in [3.05, 3.63) is 36.0 Å². The molecule has 0 aliphatic rings. The van der Waals surface area contributed by atoms with Crippen molar-refractivity contribution in [1.82, 2.24) is 5.43 Å². The molecule has 0 aliphatic heterocycles. The SMILES string of the molecule is COc1ccccc1/C(=C/NN)N=N. The van der Waals surface area contributed by atoms with Crippen LogP contribution in [-0.2, 0) is 0 Å². The highest BCUT2D eigenvalue weighted by molar-refractivity contribution is 5.68. The van der Waals surface area contributed by atoms with Gasteiger partial charge in [0, 0.05) is 11.8 Å². The van der Waals surface area contributed by atoms with Gasteiger partial charge in [-0.25, -0.2) is 5.53 Å². The molecule has 0 amide bonds. The second-order valence-electron chi connectivity index (χ2n) is 2.51. The monoisotopic (exact) mass is 192 g/mol. The minimum Gasteiger partial charge on any atom is -0.496 e. The Bertz CT molecular complexity index is 348. The van der Waals surface area contributed by atoms with Crippen molar-refractivity contribution >= 4 is 5.70 Å². The topological polar surface area (TPSA) is 83.5 Å². The zero-order chi connectivity index (χ0) is 10.4. The van der Waals surface area contributed by atoms with E-state index < -0.39 is 0 Å². The molecular formula is C9H12N4O. The molecule has 1 aromatic carbocycles. The van der Waals surface area contributed by atoms with E-state index in [1.807, 2.05) is 12.1 Å². The molecule has 4 N–H and O–H groups in total. The highest BCUT2D eigenvalue weighted by Gasteiger charge is 2.05. The number of nitrogens with two attached hydrogens (primary N) is 1. The first-order valence-electron chi connectivity index (χ1n) is 4.00. The number of rotatable bonds is 4. The van der Waals surface area contributed by atoms with E-state index in [0.717, 1.165) is 5.56 Å². The van der Waals surface area contributed by atoms with E-state index >= 15 is 0 Å². The van der Waals surface area contributed by atoms with Gasteiger partial charge in [0.25, 0.3) is 0 Å². The van der Waals surface area contributed by atoms with Crippen molar-refractivity contribution in [2.45, 2.75) is 0 Å². The highest BCUT2D eigenvalue weighted by atomic mass is 16.5. The lowest BCUT2D eigenvalue weighted by molar-refractivity contribution is 0.413. The third-order valence-corrected chi connectivity index (χ3v) is 1.72. The van der Waals surface area contributed by atoms with E-state index in [0.29, 0.717) is 11.4 Å². The van der Waals surface area contributed by atoms with Crippen LogP contribution in [0.1, 0.15) is 5.56 Å². The summed E-state index contributed by atoms with van der Waals surface area (Å²) in [7, 11) is 1.57. The zero-order valence-electron chi connectivity index (χ0n) is 7.82. The molecule has 0 saturated carbocycles. The number of hydrogen-bond acceptors (Lipinski definition) is 5. The summed E-state index contributed by atoms with van der Waals surface area (Å²) in [6, 6.07) is 7.29. The third kappa shape index (κ3) is 2.08. The van der Waals surface area contributed by atoms with E-state index in [-0.39, 0.29) is 0 Å². The summed E-state index contributed by atoms with van der Waals surface area (Å²) in [6.07, 6.45) is 1.44. The van der Waals surface area contributed by atoms with Crippen molar-refractivity contribution in [3.63, 3.8) is 0 Å². The van der Waals surface area contributed by atoms with Gasteiger partial charge in [0.2, 0.25) is 0 Å². The van der Waals surface area contributed by atoms with E-state index in [2.05, 4.69) is 10.5 Å². The smallest absolute Gasteiger partial charge is 0.128 e. The Balaban J connectivity index is 3.15. The number of nitrogens with zero attached hydrogens (tertiary/aromatic N) is 1. The lowest BCUT2D eigenvalue weighted by Gasteiger charge is -2.06. The molecule has 5 heteroatoms. The fraction of sp³-hybridized carbons (Fsp3) is 0.111. The molecule has 0 spiro atoms. The van der Waals surface area contributed by atoms with Gasteiger partial charge in [-0.05, 0) is 12.1 Å². The normalized spacial score (nSPS) is 10.9. The summed E-state index contributed by atoms with van der Waals surface area (Å²) < 4.78 is 5.12. The molecule has 74 valence electrons. The molecule has 0 aliphatic carbocycles. The zero-order valence-corrected chi connectivity index (χ0v) is 7.82. The van der Waals surface area contributed by atoms with Crippen LogP contribution in [0.15, 0.2) is 35.6 Å². The maximum atomic E-state index is 6.98. The minimum atomic E-state index is 0.421. The van der Waals surface area contributed by atoms with Gasteiger partial charge in [-0.1, -0.05) is 12.1 Å². The molecule has 1 rings (SSSR count). The predicted octanol–water partition coefficient (Wildman–Crippen LogP) is 1.49. The Hall–Kier alpha value is -1.88. The van der Waals surface area contributed by atoms with Crippen LogP contribution in [-0.4, -0.2) is 7.11 Å². The Morgan fingerprint density at radius 3 is 2.86 bits per heavy atom. The number of hydrogen-bond donors (Lipinski definition) is 3. The molecule has 0 bridgehead atoms. The Labute approximate surface area is 82.0 Å². The third-order valence-electron chi connectivity index (χ3n) is 1.72. The summed E-state index contributed by atoms with van der Waals surface area (Å²) in [6.45, 7) is 0. The fourth-order valence-electron chi connectivity index (χ4n) is 1.11. The summed E-state index contributed by atoms with van der Waals surface area (Å²) in [5.41, 5.74) is 10.5. The standard InChI is InChI=1S/C9H12N4O/c1-14-9-5-3-2-4-7(9)8(13-11)6-12-10/h2-6,11-12H,10H2,1H3/b8-6-,13-11?. The highest BCUT2D eigenvalue weighted by Crippen LogP contribution is 2.25. The lowest BCUT2D eigenvalue weighted by atomic mass is 10.1. The first-order chi connectivity index (χ1) is 6.83. The first-order valence-corrected chi connectivity index (χ1v) is 4.00. The molecule has 0 unspecified atom stereocenters. The van der Waals surface area contributed by atoms with Gasteiger partial charge < -0.3 is 10.2 Å². The Morgan fingerprint density at radius 1 is 1.57 bits per heavy atom. The minimum absolute atomic E-state index is 0.421. The van der Waals surface area contributed by atoms with E-state index in [1.165, 1.54) is 6.20 Å². The van der Waals surface area contributed by atoms with E-state index in [9.17, 15) is 0 Å². The van der Waals surface area contributed by atoms with Gasteiger partial charge in [0.1, 0.15) is 11.4 Å². The summed E-state index contributed by atoms with van der Waals surface area (Å²) in [5, 5.41) is 3.35. The quantitative estimate of drug-likeness (QED) is 0.384. The molecule has 5 nitrogen and oxygen atoms in total. The molecule has 0 saturated heterocycles. The van der Waals surface area contributed by atoms with Crippen molar-refractivity contribution in [1.29, 1.82) is 5.53 Å². The van der Waals surface area contributed by atoms with Crippen LogP contribution in [0.2, 0.25) is 0 Å². The summed E-state index contributed by atoms with van der Waals surface area (Å²) in [5.74, 6) is 5.78. The predicted molar refractivity (Wildman–Crippen MR) is 53.4 cm³/mol.